The maximum absolute atomic E-state index is 12.4. The van der Waals surface area contributed by atoms with Gasteiger partial charge < -0.3 is 9.73 Å². The van der Waals surface area contributed by atoms with Crippen molar-refractivity contribution in [1.29, 1.82) is 0 Å². The number of halogens is 1. The number of rotatable bonds is 7. The minimum atomic E-state index is -0.182. The van der Waals surface area contributed by atoms with E-state index >= 15 is 0 Å². The van der Waals surface area contributed by atoms with Crippen molar-refractivity contribution in [3.05, 3.63) is 94.9 Å². The van der Waals surface area contributed by atoms with E-state index in [-0.39, 0.29) is 24.5 Å². The van der Waals surface area contributed by atoms with Gasteiger partial charge in [-0.25, -0.2) is 0 Å². The first-order valence-electron chi connectivity index (χ1n) is 8.50. The van der Waals surface area contributed by atoms with Crippen LogP contribution in [0.1, 0.15) is 35.9 Å². The summed E-state index contributed by atoms with van der Waals surface area (Å²) in [7, 11) is 0. The van der Waals surface area contributed by atoms with Crippen molar-refractivity contribution >= 4 is 17.5 Å². The maximum atomic E-state index is 12.4. The fraction of sp³-hybridized carbons (Fsp3) is 0.190. The van der Waals surface area contributed by atoms with Crippen molar-refractivity contribution < 1.29 is 9.21 Å². The molecule has 0 spiro atoms. The molecule has 2 aromatic carbocycles. The minimum absolute atomic E-state index is 0.0926. The van der Waals surface area contributed by atoms with E-state index in [1.54, 1.807) is 6.26 Å². The third-order valence-electron chi connectivity index (χ3n) is 4.15. The molecule has 0 saturated heterocycles. The van der Waals surface area contributed by atoms with Crippen LogP contribution < -0.4 is 10.6 Å². The molecule has 0 aliphatic heterocycles. The summed E-state index contributed by atoms with van der Waals surface area (Å²) in [5, 5.41) is 6.92. The van der Waals surface area contributed by atoms with Crippen LogP contribution in [0.25, 0.3) is 0 Å². The maximum Gasteiger partial charge on any atom is 0.234 e. The summed E-state index contributed by atoms with van der Waals surface area (Å²) in [5.74, 6) is 0.678. The Morgan fingerprint density at radius 1 is 1.04 bits per heavy atom. The lowest BCUT2D eigenvalue weighted by atomic mass is 10.0. The molecule has 0 saturated carbocycles. The third kappa shape index (κ3) is 4.75. The van der Waals surface area contributed by atoms with Crippen molar-refractivity contribution in [1.82, 2.24) is 10.6 Å². The van der Waals surface area contributed by atoms with Gasteiger partial charge in [-0.2, -0.15) is 0 Å². The average molecular weight is 369 g/mol. The zero-order valence-electron chi connectivity index (χ0n) is 14.5. The van der Waals surface area contributed by atoms with E-state index in [0.29, 0.717) is 5.02 Å². The van der Waals surface area contributed by atoms with Crippen molar-refractivity contribution in [3.8, 4) is 0 Å². The van der Waals surface area contributed by atoms with Crippen LogP contribution in [0.15, 0.2) is 77.4 Å². The molecular formula is C21H21ClN2O2. The topological polar surface area (TPSA) is 54.3 Å². The van der Waals surface area contributed by atoms with Gasteiger partial charge in [0.15, 0.2) is 0 Å². The average Bonchev–Trinajstić information content (AvgIpc) is 3.17. The zero-order valence-corrected chi connectivity index (χ0v) is 15.2. The second-order valence-corrected chi connectivity index (χ2v) is 6.52. The summed E-state index contributed by atoms with van der Waals surface area (Å²) in [5.41, 5.74) is 2.01. The van der Waals surface area contributed by atoms with Crippen LogP contribution in [-0.2, 0) is 4.79 Å². The van der Waals surface area contributed by atoms with E-state index in [1.165, 1.54) is 0 Å². The van der Waals surface area contributed by atoms with Crippen molar-refractivity contribution in [3.63, 3.8) is 0 Å². The molecule has 1 heterocycles. The molecule has 0 bridgehead atoms. The molecule has 5 heteroatoms. The van der Waals surface area contributed by atoms with Gasteiger partial charge in [0.1, 0.15) is 5.76 Å². The summed E-state index contributed by atoms with van der Waals surface area (Å²) in [6.45, 7) is 2.11. The number of carbonyl (C=O) groups excluding carboxylic acids is 1. The molecule has 26 heavy (non-hydrogen) atoms. The highest BCUT2D eigenvalue weighted by atomic mass is 35.5. The smallest absolute Gasteiger partial charge is 0.234 e. The molecule has 0 fully saturated rings. The van der Waals surface area contributed by atoms with Crippen LogP contribution in [0.2, 0.25) is 5.02 Å². The molecule has 3 rings (SSSR count). The van der Waals surface area contributed by atoms with Gasteiger partial charge in [0.2, 0.25) is 5.91 Å². The normalized spacial score (nSPS) is 13.2. The lowest BCUT2D eigenvalue weighted by Crippen LogP contribution is -2.37. The number of nitrogens with one attached hydrogen (secondary N) is 2. The van der Waals surface area contributed by atoms with Crippen LogP contribution in [0.4, 0.5) is 0 Å². The molecule has 2 atom stereocenters. The van der Waals surface area contributed by atoms with Gasteiger partial charge in [-0.3, -0.25) is 10.1 Å². The Kier molecular flexibility index (Phi) is 6.10. The standard InChI is InChI=1S/C21H21ClN2O2/c1-15(17-9-5-10-18(22)13-17)24-20(25)14-23-21(19-11-6-12-26-19)16-7-3-2-4-8-16/h2-13,15,21,23H,14H2,1H3,(H,24,25)/t15-,21-/m1/s1. The first-order chi connectivity index (χ1) is 12.6. The zero-order chi connectivity index (χ0) is 18.4. The van der Waals surface area contributed by atoms with Crippen molar-refractivity contribution in [2.45, 2.75) is 19.0 Å². The summed E-state index contributed by atoms with van der Waals surface area (Å²) < 4.78 is 5.54. The summed E-state index contributed by atoms with van der Waals surface area (Å²) >= 11 is 6.02. The minimum Gasteiger partial charge on any atom is -0.467 e. The number of benzene rings is 2. The number of furan rings is 1. The highest BCUT2D eigenvalue weighted by Gasteiger charge is 2.18. The summed E-state index contributed by atoms with van der Waals surface area (Å²) in [6, 6.07) is 20.8. The molecule has 1 aromatic heterocycles. The lowest BCUT2D eigenvalue weighted by Gasteiger charge is -2.19. The van der Waals surface area contributed by atoms with E-state index in [0.717, 1.165) is 16.9 Å². The molecule has 0 radical (unpaired) electrons. The fourth-order valence-corrected chi connectivity index (χ4v) is 3.03. The van der Waals surface area contributed by atoms with E-state index in [9.17, 15) is 4.79 Å². The van der Waals surface area contributed by atoms with Crippen LogP contribution in [0.3, 0.4) is 0 Å². The van der Waals surface area contributed by atoms with Gasteiger partial charge in [0, 0.05) is 5.02 Å². The Labute approximate surface area is 158 Å². The molecular weight excluding hydrogens is 348 g/mol. The Hall–Kier alpha value is -2.56. The van der Waals surface area contributed by atoms with Crippen molar-refractivity contribution in [2.75, 3.05) is 6.54 Å². The molecule has 134 valence electrons. The number of hydrogen-bond donors (Lipinski definition) is 2. The molecule has 1 amide bonds. The number of amides is 1. The molecule has 0 aliphatic rings. The molecule has 4 nitrogen and oxygen atoms in total. The van der Waals surface area contributed by atoms with Gasteiger partial charge in [-0.15, -0.1) is 0 Å². The predicted octanol–water partition coefficient (Wildman–Crippen LogP) is 4.49. The van der Waals surface area contributed by atoms with Crippen LogP contribution in [0.5, 0.6) is 0 Å². The summed E-state index contributed by atoms with van der Waals surface area (Å²) in [4.78, 5) is 12.4. The lowest BCUT2D eigenvalue weighted by molar-refractivity contribution is -0.121. The largest absolute Gasteiger partial charge is 0.467 e. The van der Waals surface area contributed by atoms with Crippen LogP contribution >= 0.6 is 11.6 Å². The van der Waals surface area contributed by atoms with Crippen molar-refractivity contribution in [2.24, 2.45) is 0 Å². The van der Waals surface area contributed by atoms with E-state index in [4.69, 9.17) is 16.0 Å². The Bertz CT molecular complexity index is 834. The highest BCUT2D eigenvalue weighted by molar-refractivity contribution is 6.30. The van der Waals surface area contributed by atoms with Crippen LogP contribution in [0, 0.1) is 0 Å². The van der Waals surface area contributed by atoms with E-state index in [2.05, 4.69) is 10.6 Å². The van der Waals surface area contributed by atoms with Gasteiger partial charge in [-0.05, 0) is 42.3 Å². The second kappa shape index (κ2) is 8.70. The molecule has 3 aromatic rings. The number of hydrogen-bond acceptors (Lipinski definition) is 3. The Balaban J connectivity index is 1.63. The summed E-state index contributed by atoms with van der Waals surface area (Å²) in [6.07, 6.45) is 1.63. The Morgan fingerprint density at radius 3 is 2.50 bits per heavy atom. The van der Waals surface area contributed by atoms with Gasteiger partial charge in [-0.1, -0.05) is 54.1 Å². The van der Waals surface area contributed by atoms with Gasteiger partial charge >= 0.3 is 0 Å². The van der Waals surface area contributed by atoms with Gasteiger partial charge in [0.05, 0.1) is 24.9 Å². The SMILES string of the molecule is C[C@@H](NC(=O)CN[C@H](c1ccccc1)c1ccco1)c1cccc(Cl)c1. The molecule has 2 N–H and O–H groups in total. The highest BCUT2D eigenvalue weighted by Crippen LogP contribution is 2.22. The van der Waals surface area contributed by atoms with E-state index in [1.807, 2.05) is 73.7 Å². The number of carbonyl (C=O) groups is 1. The second-order valence-electron chi connectivity index (χ2n) is 6.08. The first kappa shape index (κ1) is 18.2. The molecule has 0 unspecified atom stereocenters. The quantitative estimate of drug-likeness (QED) is 0.646. The van der Waals surface area contributed by atoms with Crippen LogP contribution in [-0.4, -0.2) is 12.5 Å². The first-order valence-corrected chi connectivity index (χ1v) is 8.88. The third-order valence-corrected chi connectivity index (χ3v) is 4.39. The van der Waals surface area contributed by atoms with E-state index < -0.39 is 0 Å². The fourth-order valence-electron chi connectivity index (χ4n) is 2.83. The monoisotopic (exact) mass is 368 g/mol. The molecule has 0 aliphatic carbocycles. The van der Waals surface area contributed by atoms with Gasteiger partial charge in [0.25, 0.3) is 0 Å². The Morgan fingerprint density at radius 2 is 1.81 bits per heavy atom. The predicted molar refractivity (Wildman–Crippen MR) is 103 cm³/mol.